The first-order valence-electron chi connectivity index (χ1n) is 11.7. The molecule has 1 fully saturated rings. The van der Waals surface area contributed by atoms with Crippen LogP contribution in [-0.2, 0) is 25.4 Å². The fraction of sp³-hybridized carbons (Fsp3) is 0.680. The van der Waals surface area contributed by atoms with Crippen LogP contribution in [0.2, 0.25) is 0 Å². The third kappa shape index (κ3) is 8.10. The zero-order valence-electron chi connectivity index (χ0n) is 20.9. The minimum atomic E-state index is -2.71. The zero-order chi connectivity index (χ0) is 26.3. The summed E-state index contributed by atoms with van der Waals surface area (Å²) in [5, 5.41) is 9.97. The number of alkyl halides is 2. The summed E-state index contributed by atoms with van der Waals surface area (Å²) in [5.41, 5.74) is 0.154. The third-order valence-electron chi connectivity index (χ3n) is 6.15. The Kier molecular flexibility index (Phi) is 10.4. The number of benzene rings is 1. The maximum absolute atomic E-state index is 13.4. The van der Waals surface area contributed by atoms with Crippen molar-refractivity contribution in [2.75, 3.05) is 13.7 Å². The van der Waals surface area contributed by atoms with Crippen molar-refractivity contribution in [2.24, 2.45) is 11.3 Å². The van der Waals surface area contributed by atoms with E-state index in [1.165, 1.54) is 19.2 Å². The number of carbonyl (C=O) groups is 2. The highest BCUT2D eigenvalue weighted by Gasteiger charge is 2.44. The summed E-state index contributed by atoms with van der Waals surface area (Å²) in [4.78, 5) is 26.4. The van der Waals surface area contributed by atoms with Crippen LogP contribution in [0.1, 0.15) is 52.5 Å². The van der Waals surface area contributed by atoms with Crippen LogP contribution in [0.15, 0.2) is 24.3 Å². The molecule has 0 radical (unpaired) electrons. The van der Waals surface area contributed by atoms with Gasteiger partial charge in [-0.3, -0.25) is 4.90 Å². The molecule has 0 bridgehead atoms. The summed E-state index contributed by atoms with van der Waals surface area (Å²) >= 11 is 0. The Hall–Kier alpha value is -2.33. The Bertz CT molecular complexity index is 829. The molecule has 1 aliphatic heterocycles. The molecule has 7 nitrogen and oxygen atoms in total. The molecule has 1 heterocycles. The van der Waals surface area contributed by atoms with Crippen molar-refractivity contribution in [3.8, 4) is 0 Å². The van der Waals surface area contributed by atoms with Crippen LogP contribution in [0.3, 0.4) is 0 Å². The molecule has 1 amide bonds. The molecule has 0 aromatic heterocycles. The highest BCUT2D eigenvalue weighted by atomic mass is 19.3. The standard InChI is InChI=1S/C25H36F3NO6/c1-15-21(34-14-20(27)28)17(13-16-9-11-18(26)12-10-16)7-6-8-19(22(30)35-15)29(24(31)32)23(33-5)25(2,3)4/h9-12,15,17,19-21,23H,6-8,13-14H2,1-5H3,(H,31,32)/t15-,17+,19-,21-,23?/m0/s1. The molecule has 1 N–H and O–H groups in total. The average Bonchev–Trinajstić information content (AvgIpc) is 2.79. The van der Waals surface area contributed by atoms with Gasteiger partial charge in [-0.25, -0.2) is 22.8 Å². The van der Waals surface area contributed by atoms with Gasteiger partial charge in [0.1, 0.15) is 30.8 Å². The van der Waals surface area contributed by atoms with Crippen LogP contribution in [0.25, 0.3) is 0 Å². The van der Waals surface area contributed by atoms with Gasteiger partial charge in [-0.2, -0.15) is 0 Å². The van der Waals surface area contributed by atoms with E-state index in [0.29, 0.717) is 19.3 Å². The number of hydrogen-bond donors (Lipinski definition) is 1. The lowest BCUT2D eigenvalue weighted by Gasteiger charge is -2.40. The van der Waals surface area contributed by atoms with Crippen LogP contribution in [-0.4, -0.2) is 66.7 Å². The minimum absolute atomic E-state index is 0.162. The van der Waals surface area contributed by atoms with E-state index in [9.17, 15) is 27.9 Å². The maximum atomic E-state index is 13.4. The van der Waals surface area contributed by atoms with E-state index < -0.39 is 55.0 Å². The van der Waals surface area contributed by atoms with Gasteiger partial charge < -0.3 is 19.3 Å². The Balaban J connectivity index is 2.36. The lowest BCUT2D eigenvalue weighted by molar-refractivity contribution is -0.173. The summed E-state index contributed by atoms with van der Waals surface area (Å²) in [7, 11) is 1.38. The third-order valence-corrected chi connectivity index (χ3v) is 6.15. The highest BCUT2D eigenvalue weighted by molar-refractivity contribution is 5.81. The average molecular weight is 504 g/mol. The fourth-order valence-electron chi connectivity index (χ4n) is 4.70. The first-order valence-corrected chi connectivity index (χ1v) is 11.7. The van der Waals surface area contributed by atoms with Crippen molar-refractivity contribution in [2.45, 2.75) is 84.3 Å². The molecule has 0 spiro atoms. The Morgan fingerprint density at radius 2 is 1.86 bits per heavy atom. The number of methoxy groups -OCH3 is 1. The molecular weight excluding hydrogens is 467 g/mol. The second-order valence-electron chi connectivity index (χ2n) is 10.0. The van der Waals surface area contributed by atoms with E-state index in [4.69, 9.17) is 14.2 Å². The summed E-state index contributed by atoms with van der Waals surface area (Å²) in [6, 6.07) is 4.73. The monoisotopic (exact) mass is 503 g/mol. The molecule has 1 aromatic rings. The lowest BCUT2D eigenvalue weighted by atomic mass is 9.86. The molecule has 35 heavy (non-hydrogen) atoms. The van der Waals surface area contributed by atoms with E-state index in [0.717, 1.165) is 10.5 Å². The predicted octanol–water partition coefficient (Wildman–Crippen LogP) is 5.12. The molecule has 1 aromatic carbocycles. The van der Waals surface area contributed by atoms with Gasteiger partial charge in [0.05, 0.1) is 6.10 Å². The molecule has 1 aliphatic rings. The number of hydrogen-bond acceptors (Lipinski definition) is 5. The molecule has 198 valence electrons. The van der Waals surface area contributed by atoms with E-state index in [2.05, 4.69) is 0 Å². The summed E-state index contributed by atoms with van der Waals surface area (Å²) in [5.74, 6) is -1.49. The largest absolute Gasteiger partial charge is 0.465 e. The fourth-order valence-corrected chi connectivity index (χ4v) is 4.70. The van der Waals surface area contributed by atoms with E-state index in [1.54, 1.807) is 39.8 Å². The first kappa shape index (κ1) is 28.9. The lowest BCUT2D eigenvalue weighted by Crippen LogP contribution is -2.56. The second kappa shape index (κ2) is 12.6. The molecule has 1 unspecified atom stereocenters. The molecule has 10 heteroatoms. The summed E-state index contributed by atoms with van der Waals surface area (Å²) in [6.07, 6.45) is -5.29. The minimum Gasteiger partial charge on any atom is -0.465 e. The van der Waals surface area contributed by atoms with Gasteiger partial charge in [0.15, 0.2) is 0 Å². The van der Waals surface area contributed by atoms with Gasteiger partial charge in [0, 0.05) is 12.5 Å². The first-order chi connectivity index (χ1) is 16.3. The van der Waals surface area contributed by atoms with Crippen LogP contribution >= 0.6 is 0 Å². The predicted molar refractivity (Wildman–Crippen MR) is 123 cm³/mol. The SMILES string of the molecule is COC(N(C(=O)O)[C@H]1CCC[C@H](Cc2ccc(F)cc2)[C@@H](OCC(F)F)[C@H](C)OC1=O)C(C)(C)C. The van der Waals surface area contributed by atoms with Crippen LogP contribution in [0.5, 0.6) is 0 Å². The van der Waals surface area contributed by atoms with Crippen molar-refractivity contribution >= 4 is 12.1 Å². The smallest absolute Gasteiger partial charge is 0.410 e. The van der Waals surface area contributed by atoms with Gasteiger partial charge in [0.2, 0.25) is 0 Å². The topological polar surface area (TPSA) is 85.3 Å². The van der Waals surface area contributed by atoms with Crippen LogP contribution in [0, 0.1) is 17.2 Å². The number of carboxylic acid groups (broad SMARTS) is 1. The van der Waals surface area contributed by atoms with Gasteiger partial charge in [0.25, 0.3) is 6.43 Å². The molecule has 0 aliphatic carbocycles. The van der Waals surface area contributed by atoms with Gasteiger partial charge >= 0.3 is 12.1 Å². The number of cyclic esters (lactones) is 1. The van der Waals surface area contributed by atoms with Crippen molar-refractivity contribution in [3.05, 3.63) is 35.6 Å². The summed E-state index contributed by atoms with van der Waals surface area (Å²) in [6.45, 7) is 6.12. The number of rotatable bonds is 8. The number of nitrogens with zero attached hydrogens (tertiary/aromatic N) is 1. The molecular formula is C25H36F3NO6. The Morgan fingerprint density at radius 1 is 1.23 bits per heavy atom. The second-order valence-corrected chi connectivity index (χ2v) is 10.0. The number of amides is 1. The number of halogens is 3. The normalized spacial score (nSPS) is 24.8. The number of esters is 1. The van der Waals surface area contributed by atoms with Gasteiger partial charge in [-0.1, -0.05) is 39.3 Å². The van der Waals surface area contributed by atoms with Crippen molar-refractivity contribution in [3.63, 3.8) is 0 Å². The highest BCUT2D eigenvalue weighted by Crippen LogP contribution is 2.32. The van der Waals surface area contributed by atoms with E-state index >= 15 is 0 Å². The van der Waals surface area contributed by atoms with E-state index in [1.807, 2.05) is 0 Å². The van der Waals surface area contributed by atoms with Gasteiger partial charge in [-0.15, -0.1) is 0 Å². The van der Waals surface area contributed by atoms with Crippen molar-refractivity contribution in [1.29, 1.82) is 0 Å². The van der Waals surface area contributed by atoms with Crippen molar-refractivity contribution < 1.29 is 42.1 Å². The molecule has 1 saturated heterocycles. The quantitative estimate of drug-likeness (QED) is 0.392. The maximum Gasteiger partial charge on any atom is 0.410 e. The van der Waals surface area contributed by atoms with E-state index in [-0.39, 0.29) is 18.2 Å². The molecule has 0 saturated carbocycles. The van der Waals surface area contributed by atoms with Crippen LogP contribution < -0.4 is 0 Å². The molecule has 2 rings (SSSR count). The van der Waals surface area contributed by atoms with Gasteiger partial charge in [-0.05, 0) is 49.8 Å². The van der Waals surface area contributed by atoms with Crippen LogP contribution in [0.4, 0.5) is 18.0 Å². The Labute approximate surface area is 204 Å². The van der Waals surface area contributed by atoms with Crippen molar-refractivity contribution in [1.82, 2.24) is 4.90 Å². The number of ether oxygens (including phenoxy) is 3. The number of carbonyl (C=O) groups excluding carboxylic acids is 1. The molecule has 5 atom stereocenters. The Morgan fingerprint density at radius 3 is 2.37 bits per heavy atom. The summed E-state index contributed by atoms with van der Waals surface area (Å²) < 4.78 is 55.9. The zero-order valence-corrected chi connectivity index (χ0v) is 20.9.